The number of nitro groups is 1. The second kappa shape index (κ2) is 6.56. The fourth-order valence-electron chi connectivity index (χ4n) is 2.43. The van der Waals surface area contributed by atoms with E-state index >= 15 is 0 Å². The largest absolute Gasteiger partial charge is 0.396 e. The zero-order chi connectivity index (χ0) is 18.0. The first-order chi connectivity index (χ1) is 12.0. The van der Waals surface area contributed by atoms with Gasteiger partial charge in [-0.25, -0.2) is 9.37 Å². The summed E-state index contributed by atoms with van der Waals surface area (Å²) in [6, 6.07) is 15.2. The molecule has 6 nitrogen and oxygen atoms in total. The maximum absolute atomic E-state index is 14.0. The molecule has 126 valence electrons. The van der Waals surface area contributed by atoms with Crippen LogP contribution < -0.4 is 11.1 Å². The molecule has 2 aromatic carbocycles. The van der Waals surface area contributed by atoms with Crippen LogP contribution >= 0.6 is 0 Å². The van der Waals surface area contributed by atoms with Crippen LogP contribution in [-0.4, -0.2) is 9.91 Å². The van der Waals surface area contributed by atoms with Gasteiger partial charge in [0.25, 0.3) is 0 Å². The van der Waals surface area contributed by atoms with Gasteiger partial charge in [-0.2, -0.15) is 0 Å². The van der Waals surface area contributed by atoms with Gasteiger partial charge in [-0.1, -0.05) is 30.3 Å². The molecule has 3 rings (SSSR count). The maximum Gasteiger partial charge on any atom is 0.311 e. The molecule has 0 aliphatic heterocycles. The quantitative estimate of drug-likeness (QED) is 0.417. The lowest BCUT2D eigenvalue weighted by Crippen LogP contribution is -2.04. The Morgan fingerprint density at radius 1 is 1.12 bits per heavy atom. The van der Waals surface area contributed by atoms with Gasteiger partial charge in [-0.15, -0.1) is 0 Å². The van der Waals surface area contributed by atoms with Crippen LogP contribution in [0.5, 0.6) is 0 Å². The van der Waals surface area contributed by atoms with E-state index in [-0.39, 0.29) is 22.8 Å². The minimum absolute atomic E-state index is 0.0172. The summed E-state index contributed by atoms with van der Waals surface area (Å²) in [4.78, 5) is 15.1. The Labute approximate surface area is 143 Å². The van der Waals surface area contributed by atoms with Crippen LogP contribution in [-0.2, 0) is 0 Å². The molecule has 0 aliphatic carbocycles. The van der Waals surface area contributed by atoms with Crippen LogP contribution in [0.1, 0.15) is 5.56 Å². The summed E-state index contributed by atoms with van der Waals surface area (Å²) in [7, 11) is 0. The molecule has 0 spiro atoms. The average molecular weight is 338 g/mol. The number of halogens is 1. The molecule has 0 radical (unpaired) electrons. The van der Waals surface area contributed by atoms with E-state index in [4.69, 9.17) is 5.73 Å². The smallest absolute Gasteiger partial charge is 0.311 e. The Bertz CT molecular complexity index is 945. The fraction of sp³-hybridized carbons (Fsp3) is 0.0556. The normalized spacial score (nSPS) is 10.5. The Kier molecular flexibility index (Phi) is 4.30. The van der Waals surface area contributed by atoms with Crippen LogP contribution in [0.3, 0.4) is 0 Å². The van der Waals surface area contributed by atoms with Crippen molar-refractivity contribution in [1.82, 2.24) is 4.98 Å². The van der Waals surface area contributed by atoms with E-state index in [0.717, 1.165) is 5.56 Å². The van der Waals surface area contributed by atoms with Crippen molar-refractivity contribution in [1.29, 1.82) is 0 Å². The van der Waals surface area contributed by atoms with Gasteiger partial charge in [0.2, 0.25) is 5.82 Å². The van der Waals surface area contributed by atoms with Crippen molar-refractivity contribution in [3.63, 3.8) is 0 Å². The molecule has 0 amide bonds. The Morgan fingerprint density at radius 2 is 1.84 bits per heavy atom. The third-order valence-corrected chi connectivity index (χ3v) is 3.81. The SMILES string of the molecule is Cc1c(Nc2nc(-c3ccccc3)ccc2[N+](=O)[O-])ccc(N)c1F. The summed E-state index contributed by atoms with van der Waals surface area (Å²) < 4.78 is 14.0. The highest BCUT2D eigenvalue weighted by Gasteiger charge is 2.18. The molecule has 7 heteroatoms. The molecular formula is C18H15FN4O2. The van der Waals surface area contributed by atoms with Crippen LogP contribution in [0.4, 0.5) is 27.3 Å². The predicted octanol–water partition coefficient (Wildman–Crippen LogP) is 4.43. The minimum Gasteiger partial charge on any atom is -0.396 e. The maximum atomic E-state index is 14.0. The van der Waals surface area contributed by atoms with Crippen molar-refractivity contribution >= 4 is 22.9 Å². The van der Waals surface area contributed by atoms with Crippen LogP contribution in [0.15, 0.2) is 54.6 Å². The molecule has 1 heterocycles. The van der Waals surface area contributed by atoms with Gasteiger partial charge < -0.3 is 11.1 Å². The number of nitrogens with one attached hydrogen (secondary N) is 1. The third kappa shape index (κ3) is 3.25. The van der Waals surface area contributed by atoms with Gasteiger partial charge >= 0.3 is 5.69 Å². The van der Waals surface area contributed by atoms with E-state index in [9.17, 15) is 14.5 Å². The predicted molar refractivity (Wildman–Crippen MR) is 95.2 cm³/mol. The van der Waals surface area contributed by atoms with E-state index in [0.29, 0.717) is 11.4 Å². The van der Waals surface area contributed by atoms with E-state index in [1.165, 1.54) is 12.1 Å². The number of rotatable bonds is 4. The van der Waals surface area contributed by atoms with Gasteiger partial charge in [0.1, 0.15) is 0 Å². The van der Waals surface area contributed by atoms with Gasteiger partial charge in [0.05, 0.1) is 16.3 Å². The summed E-state index contributed by atoms with van der Waals surface area (Å²) in [5, 5.41) is 14.1. The molecule has 0 unspecified atom stereocenters. The number of hydrogen-bond donors (Lipinski definition) is 2. The van der Waals surface area contributed by atoms with Crippen molar-refractivity contribution in [2.75, 3.05) is 11.1 Å². The van der Waals surface area contributed by atoms with E-state index in [1.807, 2.05) is 30.3 Å². The first-order valence-corrected chi connectivity index (χ1v) is 7.50. The number of nitrogens with zero attached hydrogens (tertiary/aromatic N) is 2. The fourth-order valence-corrected chi connectivity index (χ4v) is 2.43. The molecule has 0 saturated carbocycles. The summed E-state index contributed by atoms with van der Waals surface area (Å²) in [5.74, 6) is -0.523. The van der Waals surface area contributed by atoms with Crippen molar-refractivity contribution < 1.29 is 9.31 Å². The molecular weight excluding hydrogens is 323 g/mol. The molecule has 25 heavy (non-hydrogen) atoms. The summed E-state index contributed by atoms with van der Waals surface area (Å²) in [6.45, 7) is 1.54. The minimum atomic E-state index is -0.563. The van der Waals surface area contributed by atoms with Gasteiger partial charge in [-0.3, -0.25) is 10.1 Å². The molecule has 1 aromatic heterocycles. The highest BCUT2D eigenvalue weighted by Crippen LogP contribution is 2.31. The number of nitrogens with two attached hydrogens (primary N) is 1. The molecule has 3 N–H and O–H groups in total. The number of hydrogen-bond acceptors (Lipinski definition) is 5. The van der Waals surface area contributed by atoms with Crippen LogP contribution in [0.2, 0.25) is 0 Å². The van der Waals surface area contributed by atoms with Crippen molar-refractivity contribution in [3.05, 3.63) is 76.1 Å². The molecule has 0 bridgehead atoms. The second-order valence-corrected chi connectivity index (χ2v) is 5.45. The number of benzene rings is 2. The molecule has 0 fully saturated rings. The zero-order valence-corrected chi connectivity index (χ0v) is 13.4. The van der Waals surface area contributed by atoms with Gasteiger partial charge in [-0.05, 0) is 25.1 Å². The topological polar surface area (TPSA) is 94.1 Å². The highest BCUT2D eigenvalue weighted by molar-refractivity contribution is 5.73. The van der Waals surface area contributed by atoms with Gasteiger partial charge in [0, 0.05) is 22.9 Å². The first kappa shape index (κ1) is 16.4. The number of nitrogen functional groups attached to an aromatic ring is 1. The molecule has 0 saturated heterocycles. The van der Waals surface area contributed by atoms with Crippen LogP contribution in [0.25, 0.3) is 11.3 Å². The standard InChI is InChI=1S/C18H15FN4O2/c1-11-14(8-7-13(20)17(11)19)21-18-16(23(24)25)10-9-15(22-18)12-5-3-2-4-6-12/h2-10H,20H2,1H3,(H,21,22). The lowest BCUT2D eigenvalue weighted by Gasteiger charge is -2.12. The molecule has 0 aliphatic rings. The van der Waals surface area contributed by atoms with Crippen molar-refractivity contribution in [3.8, 4) is 11.3 Å². The van der Waals surface area contributed by atoms with Crippen LogP contribution in [0, 0.1) is 22.9 Å². The lowest BCUT2D eigenvalue weighted by molar-refractivity contribution is -0.384. The lowest BCUT2D eigenvalue weighted by atomic mass is 10.1. The zero-order valence-electron chi connectivity index (χ0n) is 13.4. The summed E-state index contributed by atoms with van der Waals surface area (Å²) in [5.41, 5.74) is 7.38. The number of anilines is 3. The first-order valence-electron chi connectivity index (χ1n) is 7.50. The average Bonchev–Trinajstić information content (AvgIpc) is 2.62. The second-order valence-electron chi connectivity index (χ2n) is 5.45. The Balaban J connectivity index is 2.07. The van der Waals surface area contributed by atoms with Crippen molar-refractivity contribution in [2.45, 2.75) is 6.92 Å². The molecule has 3 aromatic rings. The summed E-state index contributed by atoms with van der Waals surface area (Å²) in [6.07, 6.45) is 0. The number of pyridine rings is 1. The summed E-state index contributed by atoms with van der Waals surface area (Å²) >= 11 is 0. The highest BCUT2D eigenvalue weighted by atomic mass is 19.1. The van der Waals surface area contributed by atoms with E-state index in [1.54, 1.807) is 19.1 Å². The van der Waals surface area contributed by atoms with E-state index in [2.05, 4.69) is 10.3 Å². The molecule has 0 atom stereocenters. The van der Waals surface area contributed by atoms with Gasteiger partial charge in [0.15, 0.2) is 5.82 Å². The Morgan fingerprint density at radius 3 is 2.52 bits per heavy atom. The third-order valence-electron chi connectivity index (χ3n) is 3.81. The number of aromatic nitrogens is 1. The monoisotopic (exact) mass is 338 g/mol. The van der Waals surface area contributed by atoms with Crippen molar-refractivity contribution in [2.24, 2.45) is 0 Å². The Hall–Kier alpha value is -3.48. The van der Waals surface area contributed by atoms with E-state index < -0.39 is 10.7 Å².